The third kappa shape index (κ3) is 3.44. The van der Waals surface area contributed by atoms with E-state index in [1.54, 1.807) is 0 Å². The minimum absolute atomic E-state index is 0.0297. The van der Waals surface area contributed by atoms with Crippen molar-refractivity contribution in [2.24, 2.45) is 0 Å². The van der Waals surface area contributed by atoms with Gasteiger partial charge in [-0.1, -0.05) is 24.3 Å². The summed E-state index contributed by atoms with van der Waals surface area (Å²) in [6.07, 6.45) is 8.59. The van der Waals surface area contributed by atoms with Gasteiger partial charge in [-0.15, -0.1) is 11.3 Å². The molecule has 0 spiro atoms. The molecular weight excluding hydrogens is 342 g/mol. The van der Waals surface area contributed by atoms with Gasteiger partial charge in [-0.25, -0.2) is 4.98 Å². The number of carbonyl (C=O) groups is 1. The molecule has 0 saturated carbocycles. The van der Waals surface area contributed by atoms with Crippen molar-refractivity contribution in [3.63, 3.8) is 0 Å². The van der Waals surface area contributed by atoms with Gasteiger partial charge in [0.15, 0.2) is 0 Å². The number of allylic oxidation sites excluding steroid dienone is 3. The summed E-state index contributed by atoms with van der Waals surface area (Å²) >= 11 is 1.45. The van der Waals surface area contributed by atoms with E-state index in [0.29, 0.717) is 6.54 Å². The highest BCUT2D eigenvalue weighted by Crippen LogP contribution is 2.23. The maximum absolute atomic E-state index is 12.4. The van der Waals surface area contributed by atoms with E-state index in [0.717, 1.165) is 47.1 Å². The second-order valence-electron chi connectivity index (χ2n) is 6.87. The van der Waals surface area contributed by atoms with E-state index >= 15 is 0 Å². The molecule has 4 nitrogen and oxygen atoms in total. The summed E-state index contributed by atoms with van der Waals surface area (Å²) < 4.78 is 0. The summed E-state index contributed by atoms with van der Waals surface area (Å²) in [7, 11) is 0. The smallest absolute Gasteiger partial charge is 0.263 e. The number of benzene rings is 1. The van der Waals surface area contributed by atoms with E-state index in [1.807, 2.05) is 13.8 Å². The van der Waals surface area contributed by atoms with Crippen molar-refractivity contribution in [1.29, 1.82) is 0 Å². The van der Waals surface area contributed by atoms with Crippen molar-refractivity contribution in [2.45, 2.75) is 33.2 Å². The number of nitrogens with one attached hydrogen (secondary N) is 1. The number of nitrogens with zero attached hydrogens (tertiary/aromatic N) is 2. The Hall–Kier alpha value is -2.40. The van der Waals surface area contributed by atoms with Crippen LogP contribution in [-0.2, 0) is 19.4 Å². The summed E-state index contributed by atoms with van der Waals surface area (Å²) in [6.45, 7) is 6.50. The van der Waals surface area contributed by atoms with Gasteiger partial charge in [0.05, 0.1) is 10.7 Å². The van der Waals surface area contributed by atoms with Gasteiger partial charge in [-0.05, 0) is 55.5 Å². The molecular formula is C21H23N3OS. The van der Waals surface area contributed by atoms with Gasteiger partial charge in [0.25, 0.3) is 5.91 Å². The third-order valence-corrected chi connectivity index (χ3v) is 6.11. The first kappa shape index (κ1) is 17.0. The molecule has 1 aliphatic heterocycles. The Morgan fingerprint density at radius 2 is 2.00 bits per heavy atom. The Bertz CT molecular complexity index is 910. The van der Waals surface area contributed by atoms with Crippen LogP contribution >= 0.6 is 11.3 Å². The van der Waals surface area contributed by atoms with Gasteiger partial charge in [-0.2, -0.15) is 0 Å². The first-order valence-electron chi connectivity index (χ1n) is 9.06. The Balaban J connectivity index is 1.41. The lowest BCUT2D eigenvalue weighted by atomic mass is 10.00. The van der Waals surface area contributed by atoms with Crippen LogP contribution in [0.4, 0.5) is 0 Å². The fourth-order valence-electron chi connectivity index (χ4n) is 3.54. The molecule has 0 bridgehead atoms. The summed E-state index contributed by atoms with van der Waals surface area (Å²) in [5.74, 6) is -0.0297. The highest BCUT2D eigenvalue weighted by atomic mass is 32.1. The predicted octanol–water partition coefficient (Wildman–Crippen LogP) is 3.54. The average molecular weight is 366 g/mol. The molecule has 0 fully saturated rings. The van der Waals surface area contributed by atoms with E-state index < -0.39 is 0 Å². The van der Waals surface area contributed by atoms with Crippen LogP contribution in [0.15, 0.2) is 42.1 Å². The number of aryl methyl sites for hydroxylation is 2. The highest BCUT2D eigenvalue weighted by molar-refractivity contribution is 7.13. The summed E-state index contributed by atoms with van der Waals surface area (Å²) in [5, 5.41) is 3.97. The number of carbonyl (C=O) groups excluding carboxylic acids is 1. The topological polar surface area (TPSA) is 45.2 Å². The maximum Gasteiger partial charge on any atom is 0.263 e. The Labute approximate surface area is 158 Å². The van der Waals surface area contributed by atoms with Gasteiger partial charge >= 0.3 is 0 Å². The Kier molecular flexibility index (Phi) is 4.64. The lowest BCUT2D eigenvalue weighted by molar-refractivity contribution is 0.0954. The molecule has 134 valence electrons. The lowest BCUT2D eigenvalue weighted by Gasteiger charge is -2.26. The van der Waals surface area contributed by atoms with E-state index in [-0.39, 0.29) is 5.91 Å². The normalized spacial score (nSPS) is 15.8. The molecule has 26 heavy (non-hydrogen) atoms. The standard InChI is InChI=1S/C21H23N3OS/c1-14-20(26-15(2)23-14)21(25)22-13-16-6-7-17-8-10-24(19-4-3-5-19)11-9-18(17)12-16/h3-7,12H,8-11,13H2,1-2H3,(H,22,25). The average Bonchev–Trinajstić information content (AvgIpc) is 2.79. The molecule has 0 radical (unpaired) electrons. The molecule has 0 unspecified atom stereocenters. The van der Waals surface area contributed by atoms with Gasteiger partial charge in [0.2, 0.25) is 0 Å². The number of rotatable bonds is 4. The fourth-order valence-corrected chi connectivity index (χ4v) is 4.38. The molecule has 2 aliphatic rings. The zero-order chi connectivity index (χ0) is 18.1. The summed E-state index contributed by atoms with van der Waals surface area (Å²) in [6, 6.07) is 6.63. The van der Waals surface area contributed by atoms with E-state index in [1.165, 1.54) is 28.2 Å². The zero-order valence-corrected chi connectivity index (χ0v) is 16.0. The lowest BCUT2D eigenvalue weighted by Crippen LogP contribution is -2.26. The number of hydrogen-bond donors (Lipinski definition) is 1. The van der Waals surface area contributed by atoms with Crippen LogP contribution in [-0.4, -0.2) is 28.9 Å². The maximum atomic E-state index is 12.4. The van der Waals surface area contributed by atoms with Crippen molar-refractivity contribution in [2.75, 3.05) is 13.1 Å². The second-order valence-corrected chi connectivity index (χ2v) is 8.07. The second kappa shape index (κ2) is 7.08. The van der Waals surface area contributed by atoms with Crippen molar-refractivity contribution >= 4 is 17.2 Å². The minimum atomic E-state index is -0.0297. The van der Waals surface area contributed by atoms with Crippen LogP contribution in [0.2, 0.25) is 0 Å². The number of amides is 1. The largest absolute Gasteiger partial charge is 0.371 e. The highest BCUT2D eigenvalue weighted by Gasteiger charge is 2.17. The molecule has 1 aliphatic carbocycles. The van der Waals surface area contributed by atoms with Crippen LogP contribution < -0.4 is 5.32 Å². The van der Waals surface area contributed by atoms with Crippen LogP contribution in [0.3, 0.4) is 0 Å². The van der Waals surface area contributed by atoms with E-state index in [9.17, 15) is 4.79 Å². The van der Waals surface area contributed by atoms with Gasteiger partial charge < -0.3 is 10.2 Å². The quantitative estimate of drug-likeness (QED) is 0.901. The number of aromatic nitrogens is 1. The van der Waals surface area contributed by atoms with Crippen LogP contribution in [0.25, 0.3) is 0 Å². The van der Waals surface area contributed by atoms with Gasteiger partial charge in [0.1, 0.15) is 4.88 Å². The fraction of sp³-hybridized carbons (Fsp3) is 0.333. The molecule has 1 aromatic carbocycles. The first-order valence-corrected chi connectivity index (χ1v) is 9.88. The minimum Gasteiger partial charge on any atom is -0.371 e. The summed E-state index contributed by atoms with van der Waals surface area (Å²) in [4.78, 5) is 19.9. The molecule has 1 N–H and O–H groups in total. The Morgan fingerprint density at radius 1 is 1.23 bits per heavy atom. The van der Waals surface area contributed by atoms with Crippen LogP contribution in [0, 0.1) is 13.8 Å². The van der Waals surface area contributed by atoms with Gasteiger partial charge in [0, 0.05) is 25.3 Å². The van der Waals surface area contributed by atoms with E-state index in [2.05, 4.69) is 51.6 Å². The monoisotopic (exact) mass is 365 g/mol. The molecule has 4 rings (SSSR count). The number of thiazole rings is 1. The number of fused-ring (bicyclic) bond motifs is 1. The van der Waals surface area contributed by atoms with E-state index in [4.69, 9.17) is 0 Å². The molecule has 1 amide bonds. The molecule has 2 aromatic rings. The van der Waals surface area contributed by atoms with Crippen molar-refractivity contribution in [3.8, 4) is 0 Å². The summed E-state index contributed by atoms with van der Waals surface area (Å²) in [5.41, 5.74) is 6.16. The SMILES string of the molecule is Cc1nc(C)c(C(=O)NCc2ccc3c(c2)CCN(C2=CC=C2)CC3)s1. The third-order valence-electron chi connectivity index (χ3n) is 5.03. The molecule has 0 saturated heterocycles. The Morgan fingerprint density at radius 3 is 2.65 bits per heavy atom. The predicted molar refractivity (Wildman–Crippen MR) is 105 cm³/mol. The van der Waals surface area contributed by atoms with Crippen molar-refractivity contribution < 1.29 is 4.79 Å². The first-order chi connectivity index (χ1) is 12.6. The molecule has 1 aromatic heterocycles. The van der Waals surface area contributed by atoms with Crippen LogP contribution in [0.1, 0.15) is 37.1 Å². The molecule has 5 heteroatoms. The molecule has 0 atom stereocenters. The molecule has 2 heterocycles. The van der Waals surface area contributed by atoms with Gasteiger partial charge in [-0.3, -0.25) is 4.79 Å². The van der Waals surface area contributed by atoms with Crippen LogP contribution in [0.5, 0.6) is 0 Å². The zero-order valence-electron chi connectivity index (χ0n) is 15.2. The van der Waals surface area contributed by atoms with Crippen molar-refractivity contribution in [1.82, 2.24) is 15.2 Å². The number of hydrogen-bond acceptors (Lipinski definition) is 4. The van der Waals surface area contributed by atoms with Crippen molar-refractivity contribution in [3.05, 3.63) is 74.4 Å².